The van der Waals surface area contributed by atoms with E-state index in [1.54, 1.807) is 0 Å². The van der Waals surface area contributed by atoms with Crippen molar-refractivity contribution in [1.29, 1.82) is 0 Å². The summed E-state index contributed by atoms with van der Waals surface area (Å²) in [4.78, 5) is 2.29. The first-order valence-corrected chi connectivity index (χ1v) is 6.34. The summed E-state index contributed by atoms with van der Waals surface area (Å²) in [5, 5.41) is 3.31. The van der Waals surface area contributed by atoms with Crippen molar-refractivity contribution in [2.75, 3.05) is 31.1 Å². The molecule has 0 aromatic heterocycles. The van der Waals surface area contributed by atoms with E-state index in [-0.39, 0.29) is 0 Å². The number of benzene rings is 1. The van der Waals surface area contributed by atoms with Gasteiger partial charge in [0.25, 0.3) is 0 Å². The number of piperazine rings is 1. The Morgan fingerprint density at radius 2 is 1.81 bits per heavy atom. The van der Waals surface area contributed by atoms with Crippen LogP contribution in [0, 0.1) is 0 Å². The van der Waals surface area contributed by atoms with Crippen molar-refractivity contribution in [3.05, 3.63) is 29.8 Å². The van der Waals surface area contributed by atoms with Crippen LogP contribution in [-0.2, 0) is 3.79 Å². The van der Waals surface area contributed by atoms with E-state index in [9.17, 15) is 0 Å². The molecule has 0 unspecified atom stereocenters. The van der Waals surface area contributed by atoms with E-state index in [4.69, 9.17) is 34.8 Å². The number of nitrogens with zero attached hydrogens (tertiary/aromatic N) is 1. The second-order valence-corrected chi connectivity index (χ2v) is 6.07. The smallest absolute Gasteiger partial charge is 0.216 e. The minimum absolute atomic E-state index is 0.716. The van der Waals surface area contributed by atoms with Gasteiger partial charge in [-0.15, -0.1) is 0 Å². The zero-order chi connectivity index (χ0) is 11.6. The highest BCUT2D eigenvalue weighted by molar-refractivity contribution is 6.66. The molecule has 0 bridgehead atoms. The van der Waals surface area contributed by atoms with Crippen molar-refractivity contribution < 1.29 is 0 Å². The normalized spacial score (nSPS) is 17.6. The van der Waals surface area contributed by atoms with Gasteiger partial charge < -0.3 is 10.2 Å². The average Bonchev–Trinajstić information content (AvgIpc) is 2.29. The van der Waals surface area contributed by atoms with Gasteiger partial charge in [-0.05, 0) is 12.1 Å². The lowest BCUT2D eigenvalue weighted by Crippen LogP contribution is -2.43. The van der Waals surface area contributed by atoms with E-state index in [1.807, 2.05) is 24.3 Å². The van der Waals surface area contributed by atoms with Gasteiger partial charge in [0.05, 0.1) is 0 Å². The molecule has 0 spiro atoms. The minimum atomic E-state index is -1.34. The van der Waals surface area contributed by atoms with Crippen LogP contribution in [0.5, 0.6) is 0 Å². The Bertz CT molecular complexity index is 356. The van der Waals surface area contributed by atoms with Crippen LogP contribution >= 0.6 is 34.8 Å². The summed E-state index contributed by atoms with van der Waals surface area (Å²) >= 11 is 17.6. The molecule has 16 heavy (non-hydrogen) atoms. The molecule has 0 saturated carbocycles. The van der Waals surface area contributed by atoms with Gasteiger partial charge in [0.1, 0.15) is 0 Å². The average molecular weight is 280 g/mol. The third-order valence-corrected chi connectivity index (χ3v) is 3.31. The quantitative estimate of drug-likeness (QED) is 0.795. The molecule has 88 valence electrons. The van der Waals surface area contributed by atoms with E-state index in [0.29, 0.717) is 5.56 Å². The molecule has 1 aliphatic heterocycles. The van der Waals surface area contributed by atoms with Gasteiger partial charge >= 0.3 is 0 Å². The fraction of sp³-hybridized carbons (Fsp3) is 0.455. The highest BCUT2D eigenvalue weighted by atomic mass is 35.6. The largest absolute Gasteiger partial charge is 0.369 e. The molecule has 5 heteroatoms. The summed E-state index contributed by atoms with van der Waals surface area (Å²) < 4.78 is -1.34. The molecule has 2 rings (SSSR count). The van der Waals surface area contributed by atoms with E-state index in [1.165, 1.54) is 0 Å². The molecule has 2 nitrogen and oxygen atoms in total. The van der Waals surface area contributed by atoms with Crippen molar-refractivity contribution in [3.8, 4) is 0 Å². The predicted molar refractivity (Wildman–Crippen MR) is 70.8 cm³/mol. The van der Waals surface area contributed by atoms with Crippen LogP contribution in [-0.4, -0.2) is 26.2 Å². The van der Waals surface area contributed by atoms with E-state index in [2.05, 4.69) is 10.2 Å². The van der Waals surface area contributed by atoms with Gasteiger partial charge in [-0.25, -0.2) is 0 Å². The van der Waals surface area contributed by atoms with Crippen LogP contribution in [0.15, 0.2) is 24.3 Å². The molecular weight excluding hydrogens is 266 g/mol. The summed E-state index contributed by atoms with van der Waals surface area (Å²) in [7, 11) is 0. The van der Waals surface area contributed by atoms with E-state index in [0.717, 1.165) is 31.9 Å². The zero-order valence-electron chi connectivity index (χ0n) is 8.72. The third-order valence-electron chi connectivity index (χ3n) is 2.66. The molecule has 1 aromatic rings. The molecule has 1 fully saturated rings. The van der Waals surface area contributed by atoms with Crippen molar-refractivity contribution in [2.45, 2.75) is 3.79 Å². The minimum Gasteiger partial charge on any atom is -0.369 e. The van der Waals surface area contributed by atoms with Gasteiger partial charge in [-0.1, -0.05) is 46.9 Å². The lowest BCUT2D eigenvalue weighted by molar-refractivity contribution is 0.589. The molecule has 0 amide bonds. The van der Waals surface area contributed by atoms with Crippen LogP contribution in [0.2, 0.25) is 0 Å². The number of anilines is 1. The summed E-state index contributed by atoms with van der Waals surface area (Å²) in [5.74, 6) is 0. The van der Waals surface area contributed by atoms with E-state index >= 15 is 0 Å². The number of rotatable bonds is 1. The summed E-state index contributed by atoms with van der Waals surface area (Å²) in [6.45, 7) is 3.97. The zero-order valence-corrected chi connectivity index (χ0v) is 11.0. The van der Waals surface area contributed by atoms with Crippen molar-refractivity contribution in [1.82, 2.24) is 5.32 Å². The van der Waals surface area contributed by atoms with Crippen LogP contribution in [0.4, 0.5) is 5.69 Å². The van der Waals surface area contributed by atoms with Gasteiger partial charge in [-0.3, -0.25) is 0 Å². The molecule has 1 aliphatic rings. The highest BCUT2D eigenvalue weighted by Gasteiger charge is 2.23. The number of alkyl halides is 3. The molecule has 1 heterocycles. The molecular formula is C11H13Cl3N2. The van der Waals surface area contributed by atoms with Crippen molar-refractivity contribution in [3.63, 3.8) is 0 Å². The van der Waals surface area contributed by atoms with Gasteiger partial charge in [-0.2, -0.15) is 0 Å². The number of halogens is 3. The Hall–Kier alpha value is -0.150. The summed E-state index contributed by atoms with van der Waals surface area (Å²) in [6.07, 6.45) is 0. The first kappa shape index (κ1) is 12.3. The first-order valence-electron chi connectivity index (χ1n) is 5.20. The lowest BCUT2D eigenvalue weighted by atomic mass is 10.2. The van der Waals surface area contributed by atoms with Gasteiger partial charge in [0.15, 0.2) is 0 Å². The molecule has 1 aromatic carbocycles. The van der Waals surface area contributed by atoms with Crippen molar-refractivity contribution >= 4 is 40.5 Å². The molecule has 1 saturated heterocycles. The van der Waals surface area contributed by atoms with Crippen LogP contribution < -0.4 is 10.2 Å². The Kier molecular flexibility index (Phi) is 3.85. The van der Waals surface area contributed by atoms with Gasteiger partial charge in [0, 0.05) is 37.4 Å². The second-order valence-electron chi connectivity index (χ2n) is 3.79. The third kappa shape index (κ3) is 2.95. The summed E-state index contributed by atoms with van der Waals surface area (Å²) in [5.41, 5.74) is 1.83. The molecule has 1 N–H and O–H groups in total. The first-order chi connectivity index (χ1) is 7.57. The maximum absolute atomic E-state index is 5.87. The van der Waals surface area contributed by atoms with E-state index < -0.39 is 3.79 Å². The Morgan fingerprint density at radius 1 is 1.12 bits per heavy atom. The van der Waals surface area contributed by atoms with Gasteiger partial charge in [0.2, 0.25) is 3.79 Å². The maximum atomic E-state index is 5.87. The number of hydrogen-bond acceptors (Lipinski definition) is 2. The highest BCUT2D eigenvalue weighted by Crippen LogP contribution is 2.39. The van der Waals surface area contributed by atoms with Crippen molar-refractivity contribution in [2.24, 2.45) is 0 Å². The number of hydrogen-bond donors (Lipinski definition) is 1. The fourth-order valence-corrected chi connectivity index (χ4v) is 2.15. The topological polar surface area (TPSA) is 15.3 Å². The van der Waals surface area contributed by atoms with Crippen LogP contribution in [0.1, 0.15) is 5.56 Å². The Balaban J connectivity index is 2.21. The SMILES string of the molecule is ClC(Cl)(Cl)c1cccc(N2CCNCC2)c1. The molecule has 0 radical (unpaired) electrons. The lowest BCUT2D eigenvalue weighted by Gasteiger charge is -2.30. The Morgan fingerprint density at radius 3 is 2.44 bits per heavy atom. The second kappa shape index (κ2) is 5.01. The monoisotopic (exact) mass is 278 g/mol. The Labute approximate surface area is 110 Å². The van der Waals surface area contributed by atoms with Crippen LogP contribution in [0.3, 0.4) is 0 Å². The fourth-order valence-electron chi connectivity index (χ4n) is 1.80. The molecule has 0 aliphatic carbocycles. The van der Waals surface area contributed by atoms with Crippen LogP contribution in [0.25, 0.3) is 0 Å². The predicted octanol–water partition coefficient (Wildman–Crippen LogP) is 2.92. The summed E-state index contributed by atoms with van der Waals surface area (Å²) in [6, 6.07) is 7.75. The maximum Gasteiger partial charge on any atom is 0.216 e. The number of nitrogens with one attached hydrogen (secondary N) is 1. The standard InChI is InChI=1S/C11H13Cl3N2/c12-11(13,14)9-2-1-3-10(8-9)16-6-4-15-5-7-16/h1-3,8,15H,4-7H2. The molecule has 0 atom stereocenters.